The van der Waals surface area contributed by atoms with Crippen molar-refractivity contribution in [3.8, 4) is 10.6 Å². The van der Waals surface area contributed by atoms with Gasteiger partial charge in [-0.2, -0.15) is 0 Å². The summed E-state index contributed by atoms with van der Waals surface area (Å²) < 4.78 is 5.93. The van der Waals surface area contributed by atoms with Crippen molar-refractivity contribution in [1.82, 2.24) is 4.98 Å². The molecule has 1 atom stereocenters. The van der Waals surface area contributed by atoms with Gasteiger partial charge in [0.15, 0.2) is 0 Å². The molecule has 0 N–H and O–H groups in total. The predicted octanol–water partition coefficient (Wildman–Crippen LogP) is 3.80. The van der Waals surface area contributed by atoms with Gasteiger partial charge < -0.3 is 9.64 Å². The maximum atomic E-state index is 12.5. The number of para-hydroxylation sites is 1. The van der Waals surface area contributed by atoms with Gasteiger partial charge in [0.2, 0.25) is 5.91 Å². The average Bonchev–Trinajstić information content (AvgIpc) is 3.25. The Kier molecular flexibility index (Phi) is 4.20. The topological polar surface area (TPSA) is 59.5 Å². The molecular weight excluding hydrogens is 348 g/mol. The van der Waals surface area contributed by atoms with Crippen molar-refractivity contribution in [3.63, 3.8) is 0 Å². The predicted molar refractivity (Wildman–Crippen MR) is 102 cm³/mol. The van der Waals surface area contributed by atoms with Crippen LogP contribution >= 0.6 is 11.3 Å². The molecule has 0 radical (unpaired) electrons. The fourth-order valence-corrected chi connectivity index (χ4v) is 4.26. The molecule has 6 heteroatoms. The van der Waals surface area contributed by atoms with Crippen LogP contribution in [0.1, 0.15) is 12.0 Å². The molecule has 1 aliphatic rings. The van der Waals surface area contributed by atoms with Crippen LogP contribution in [0.15, 0.2) is 42.5 Å². The summed E-state index contributed by atoms with van der Waals surface area (Å²) in [7, 11) is 1.36. The van der Waals surface area contributed by atoms with Gasteiger partial charge in [-0.3, -0.25) is 9.59 Å². The molecule has 26 heavy (non-hydrogen) atoms. The second-order valence-electron chi connectivity index (χ2n) is 6.42. The molecule has 2 heterocycles. The van der Waals surface area contributed by atoms with E-state index in [0.29, 0.717) is 6.54 Å². The summed E-state index contributed by atoms with van der Waals surface area (Å²) in [6, 6.07) is 14.0. The van der Waals surface area contributed by atoms with Gasteiger partial charge in [0.1, 0.15) is 5.01 Å². The summed E-state index contributed by atoms with van der Waals surface area (Å²) in [6.45, 7) is 2.33. The van der Waals surface area contributed by atoms with E-state index >= 15 is 0 Å². The maximum Gasteiger partial charge on any atom is 0.311 e. The van der Waals surface area contributed by atoms with Gasteiger partial charge >= 0.3 is 5.97 Å². The highest BCUT2D eigenvalue weighted by Crippen LogP contribution is 2.35. The zero-order valence-electron chi connectivity index (χ0n) is 14.6. The van der Waals surface area contributed by atoms with Crippen molar-refractivity contribution < 1.29 is 14.3 Å². The Morgan fingerprint density at radius 3 is 2.85 bits per heavy atom. The van der Waals surface area contributed by atoms with Crippen molar-refractivity contribution in [2.45, 2.75) is 13.3 Å². The van der Waals surface area contributed by atoms with Crippen LogP contribution in [0.3, 0.4) is 0 Å². The summed E-state index contributed by atoms with van der Waals surface area (Å²) >= 11 is 1.63. The van der Waals surface area contributed by atoms with Gasteiger partial charge in [0, 0.05) is 24.2 Å². The van der Waals surface area contributed by atoms with Gasteiger partial charge in [0.25, 0.3) is 0 Å². The second-order valence-corrected chi connectivity index (χ2v) is 7.45. The average molecular weight is 366 g/mol. The molecule has 0 saturated carbocycles. The zero-order chi connectivity index (χ0) is 18.3. The normalized spacial score (nSPS) is 17.1. The number of methoxy groups -OCH3 is 1. The van der Waals surface area contributed by atoms with Crippen LogP contribution in [0.25, 0.3) is 20.8 Å². The first-order chi connectivity index (χ1) is 12.6. The number of hydrogen-bond donors (Lipinski definition) is 0. The molecule has 1 aromatic heterocycles. The van der Waals surface area contributed by atoms with Crippen LogP contribution in [0.2, 0.25) is 0 Å². The highest BCUT2D eigenvalue weighted by atomic mass is 32.1. The number of carbonyl (C=O) groups excluding carboxylic acids is 2. The molecule has 5 nitrogen and oxygen atoms in total. The third-order valence-corrected chi connectivity index (χ3v) is 5.79. The standard InChI is InChI=1S/C20H18N2O3S/c1-12-7-8-13(19-21-15-5-3-4-6-17(15)26-19)9-16(12)22-11-14(10-18(22)23)20(24)25-2/h3-9,14H,10-11H2,1-2H3/t14-/m1/s1. The van der Waals surface area contributed by atoms with Crippen molar-refractivity contribution in [2.24, 2.45) is 5.92 Å². The first-order valence-corrected chi connectivity index (χ1v) is 9.23. The monoisotopic (exact) mass is 366 g/mol. The Labute approximate surface area is 155 Å². The summed E-state index contributed by atoms with van der Waals surface area (Å²) in [5.74, 6) is -0.788. The van der Waals surface area contributed by atoms with Crippen LogP contribution in [0.4, 0.5) is 5.69 Å². The molecule has 132 valence electrons. The lowest BCUT2D eigenvalue weighted by Crippen LogP contribution is -2.26. The van der Waals surface area contributed by atoms with Crippen molar-refractivity contribution >= 4 is 39.1 Å². The molecule has 1 amide bonds. The van der Waals surface area contributed by atoms with Crippen molar-refractivity contribution in [2.75, 3.05) is 18.6 Å². The number of amides is 1. The van der Waals surface area contributed by atoms with Crippen LogP contribution < -0.4 is 4.90 Å². The molecule has 1 aliphatic heterocycles. The molecule has 4 rings (SSSR count). The summed E-state index contributed by atoms with van der Waals surface area (Å²) in [5, 5.41) is 0.920. The molecule has 0 unspecified atom stereocenters. The molecule has 0 spiro atoms. The third-order valence-electron chi connectivity index (χ3n) is 4.70. The number of fused-ring (bicyclic) bond motifs is 1. The van der Waals surface area contributed by atoms with Crippen LogP contribution in [0.5, 0.6) is 0 Å². The van der Waals surface area contributed by atoms with E-state index in [4.69, 9.17) is 9.72 Å². The molecular formula is C20H18N2O3S. The maximum absolute atomic E-state index is 12.5. The van der Waals surface area contributed by atoms with E-state index in [9.17, 15) is 9.59 Å². The zero-order valence-corrected chi connectivity index (χ0v) is 15.4. The highest BCUT2D eigenvalue weighted by Gasteiger charge is 2.36. The second kappa shape index (κ2) is 6.53. The van der Waals surface area contributed by atoms with Gasteiger partial charge in [-0.1, -0.05) is 24.3 Å². The number of aromatic nitrogens is 1. The number of esters is 1. The van der Waals surface area contributed by atoms with E-state index in [-0.39, 0.29) is 18.3 Å². The van der Waals surface area contributed by atoms with E-state index in [0.717, 1.165) is 32.0 Å². The first kappa shape index (κ1) is 16.7. The number of carbonyl (C=O) groups is 2. The Morgan fingerprint density at radius 2 is 2.08 bits per heavy atom. The third kappa shape index (κ3) is 2.86. The fraction of sp³-hybridized carbons (Fsp3) is 0.250. The minimum absolute atomic E-state index is 0.0510. The number of thiazole rings is 1. The van der Waals surface area contributed by atoms with Gasteiger partial charge in [-0.25, -0.2) is 4.98 Å². The lowest BCUT2D eigenvalue weighted by atomic mass is 10.1. The van der Waals surface area contributed by atoms with Crippen LogP contribution in [0, 0.1) is 12.8 Å². The molecule has 0 aliphatic carbocycles. The fourth-order valence-electron chi connectivity index (χ4n) is 3.29. The van der Waals surface area contributed by atoms with Gasteiger partial charge in [-0.15, -0.1) is 11.3 Å². The molecule has 3 aromatic rings. The molecule has 0 bridgehead atoms. The number of anilines is 1. The minimum atomic E-state index is -0.405. The Balaban J connectivity index is 1.70. The van der Waals surface area contributed by atoms with Crippen LogP contribution in [-0.4, -0.2) is 30.5 Å². The van der Waals surface area contributed by atoms with Crippen LogP contribution in [-0.2, 0) is 14.3 Å². The highest BCUT2D eigenvalue weighted by molar-refractivity contribution is 7.21. The van der Waals surface area contributed by atoms with E-state index < -0.39 is 5.92 Å². The number of aryl methyl sites for hydroxylation is 1. The summed E-state index contributed by atoms with van der Waals surface area (Å²) in [6.07, 6.45) is 0.192. The Morgan fingerprint density at radius 1 is 1.27 bits per heavy atom. The molecule has 1 saturated heterocycles. The van der Waals surface area contributed by atoms with E-state index in [1.165, 1.54) is 7.11 Å². The number of nitrogens with zero attached hydrogens (tertiary/aromatic N) is 2. The molecule has 2 aromatic carbocycles. The van der Waals surface area contributed by atoms with E-state index in [1.807, 2.05) is 43.3 Å². The first-order valence-electron chi connectivity index (χ1n) is 8.41. The number of hydrogen-bond acceptors (Lipinski definition) is 5. The van der Waals surface area contributed by atoms with Crippen molar-refractivity contribution in [1.29, 1.82) is 0 Å². The lowest BCUT2D eigenvalue weighted by Gasteiger charge is -2.19. The number of benzene rings is 2. The minimum Gasteiger partial charge on any atom is -0.469 e. The Bertz CT molecular complexity index is 978. The van der Waals surface area contributed by atoms with E-state index in [2.05, 4.69) is 6.07 Å². The van der Waals surface area contributed by atoms with Gasteiger partial charge in [-0.05, 0) is 30.7 Å². The lowest BCUT2D eigenvalue weighted by molar-refractivity contribution is -0.145. The smallest absolute Gasteiger partial charge is 0.311 e. The molecule has 1 fully saturated rings. The Hall–Kier alpha value is -2.73. The van der Waals surface area contributed by atoms with E-state index in [1.54, 1.807) is 16.2 Å². The summed E-state index contributed by atoms with van der Waals surface area (Å²) in [4.78, 5) is 30.6. The largest absolute Gasteiger partial charge is 0.469 e. The quantitative estimate of drug-likeness (QED) is 0.662. The van der Waals surface area contributed by atoms with Crippen molar-refractivity contribution in [3.05, 3.63) is 48.0 Å². The SMILES string of the molecule is COC(=O)[C@@H]1CC(=O)N(c2cc(-c3nc4ccccc4s3)ccc2C)C1. The van der Waals surface area contributed by atoms with Gasteiger partial charge in [0.05, 0.1) is 23.2 Å². The summed E-state index contributed by atoms with van der Waals surface area (Å²) in [5.41, 5.74) is 3.77. The number of ether oxygens (including phenoxy) is 1. The number of rotatable bonds is 3.